The minimum absolute atomic E-state index is 0.0697. The average Bonchev–Trinajstić information content (AvgIpc) is 3.11. The fourth-order valence-electron chi connectivity index (χ4n) is 3.14. The fraction of sp³-hybridized carbons (Fsp3) is 0.500. The van der Waals surface area contributed by atoms with Crippen molar-refractivity contribution in [3.63, 3.8) is 0 Å². The highest BCUT2D eigenvalue weighted by Gasteiger charge is 2.35. The number of benzene rings is 1. The van der Waals surface area contributed by atoms with Crippen LogP contribution in [0.5, 0.6) is 0 Å². The van der Waals surface area contributed by atoms with Gasteiger partial charge < -0.3 is 15.2 Å². The minimum atomic E-state index is -0.275. The van der Waals surface area contributed by atoms with E-state index in [0.29, 0.717) is 25.4 Å². The van der Waals surface area contributed by atoms with Crippen LogP contribution in [0.2, 0.25) is 0 Å². The van der Waals surface area contributed by atoms with Crippen molar-refractivity contribution >= 4 is 22.8 Å². The molecule has 1 fully saturated rings. The number of aromatic amines is 1. The summed E-state index contributed by atoms with van der Waals surface area (Å²) in [6.07, 6.45) is 0.297. The Hall–Kier alpha value is -2.37. The van der Waals surface area contributed by atoms with E-state index < -0.39 is 0 Å². The zero-order chi connectivity index (χ0) is 17.3. The van der Waals surface area contributed by atoms with Crippen molar-refractivity contribution < 1.29 is 9.59 Å². The highest BCUT2D eigenvalue weighted by molar-refractivity contribution is 5.89. The quantitative estimate of drug-likeness (QED) is 0.883. The molecule has 1 saturated heterocycles. The second-order valence-corrected chi connectivity index (χ2v) is 6.96. The first-order valence-corrected chi connectivity index (χ1v) is 8.47. The van der Waals surface area contributed by atoms with Gasteiger partial charge in [0.15, 0.2) is 0 Å². The summed E-state index contributed by atoms with van der Waals surface area (Å²) in [6, 6.07) is 7.55. The Labute approximate surface area is 141 Å². The lowest BCUT2D eigenvalue weighted by atomic mass is 10.1. The van der Waals surface area contributed by atoms with E-state index >= 15 is 0 Å². The number of carbonyl (C=O) groups is 2. The molecule has 2 N–H and O–H groups in total. The number of amides is 2. The maximum absolute atomic E-state index is 12.5. The molecule has 0 radical (unpaired) electrons. The summed E-state index contributed by atoms with van der Waals surface area (Å²) in [7, 11) is 0. The third kappa shape index (κ3) is 3.42. The number of nitrogens with one attached hydrogen (secondary N) is 2. The molecule has 0 saturated carbocycles. The predicted octanol–water partition coefficient (Wildman–Crippen LogP) is 2.24. The normalized spacial score (nSPS) is 19.2. The number of imidazole rings is 1. The molecule has 2 amide bonds. The van der Waals surface area contributed by atoms with E-state index in [2.05, 4.69) is 29.1 Å². The maximum atomic E-state index is 12.5. The second-order valence-electron chi connectivity index (χ2n) is 6.96. The van der Waals surface area contributed by atoms with Gasteiger partial charge in [0.2, 0.25) is 11.8 Å². The van der Waals surface area contributed by atoms with E-state index in [1.54, 1.807) is 4.90 Å². The Bertz CT molecular complexity index is 719. The summed E-state index contributed by atoms with van der Waals surface area (Å²) in [5.41, 5.74) is 1.83. The standard InChI is InChI=1S/C18H24N4O2/c1-11(2)9-22-10-13(8-16(22)23)18(24)19-12(3)17-20-14-6-4-5-7-15(14)21-17/h4-7,11-13H,8-10H2,1-3H3,(H,19,24)(H,20,21). The Kier molecular flexibility index (Phi) is 4.55. The van der Waals surface area contributed by atoms with Crippen LogP contribution in [0.3, 0.4) is 0 Å². The first-order chi connectivity index (χ1) is 11.4. The molecule has 2 atom stereocenters. The van der Waals surface area contributed by atoms with Gasteiger partial charge in [0.05, 0.1) is 23.0 Å². The van der Waals surface area contributed by atoms with Gasteiger partial charge in [-0.25, -0.2) is 4.98 Å². The summed E-state index contributed by atoms with van der Waals surface area (Å²) in [5.74, 6) is 0.851. The first-order valence-electron chi connectivity index (χ1n) is 8.47. The van der Waals surface area contributed by atoms with Gasteiger partial charge in [0.1, 0.15) is 5.82 Å². The van der Waals surface area contributed by atoms with Crippen LogP contribution in [0.1, 0.15) is 39.1 Å². The van der Waals surface area contributed by atoms with E-state index in [4.69, 9.17) is 0 Å². The van der Waals surface area contributed by atoms with Crippen LogP contribution in [0.25, 0.3) is 11.0 Å². The van der Waals surface area contributed by atoms with Crippen LogP contribution in [0.4, 0.5) is 0 Å². The third-order valence-electron chi connectivity index (χ3n) is 4.35. The zero-order valence-electron chi connectivity index (χ0n) is 14.4. The van der Waals surface area contributed by atoms with Crippen molar-refractivity contribution in [3.05, 3.63) is 30.1 Å². The number of rotatable bonds is 5. The molecule has 0 bridgehead atoms. The molecule has 0 aliphatic carbocycles. The Morgan fingerprint density at radius 1 is 1.38 bits per heavy atom. The van der Waals surface area contributed by atoms with Crippen molar-refractivity contribution in [1.82, 2.24) is 20.2 Å². The van der Waals surface area contributed by atoms with E-state index in [1.165, 1.54) is 0 Å². The molecule has 1 aromatic carbocycles. The molecule has 6 heteroatoms. The predicted molar refractivity (Wildman–Crippen MR) is 92.2 cm³/mol. The Balaban J connectivity index is 1.63. The molecule has 2 unspecified atom stereocenters. The molecule has 2 heterocycles. The Morgan fingerprint density at radius 2 is 2.12 bits per heavy atom. The SMILES string of the molecule is CC(C)CN1CC(C(=O)NC(C)c2nc3ccccc3[nH]2)CC1=O. The van der Waals surface area contributed by atoms with Crippen molar-refractivity contribution in [2.75, 3.05) is 13.1 Å². The number of hydrogen-bond donors (Lipinski definition) is 2. The summed E-state index contributed by atoms with van der Waals surface area (Å²) in [5, 5.41) is 2.98. The van der Waals surface area contributed by atoms with Crippen LogP contribution >= 0.6 is 0 Å². The van der Waals surface area contributed by atoms with Gasteiger partial charge >= 0.3 is 0 Å². The number of fused-ring (bicyclic) bond motifs is 1. The second kappa shape index (κ2) is 6.63. The highest BCUT2D eigenvalue weighted by Crippen LogP contribution is 2.21. The number of aromatic nitrogens is 2. The van der Waals surface area contributed by atoms with Crippen LogP contribution in [0.15, 0.2) is 24.3 Å². The molecule has 6 nitrogen and oxygen atoms in total. The zero-order valence-corrected chi connectivity index (χ0v) is 14.4. The van der Waals surface area contributed by atoms with Crippen molar-refractivity contribution in [2.45, 2.75) is 33.2 Å². The first kappa shape index (κ1) is 16.5. The van der Waals surface area contributed by atoms with Gasteiger partial charge in [0, 0.05) is 19.5 Å². The lowest BCUT2D eigenvalue weighted by Crippen LogP contribution is -2.35. The monoisotopic (exact) mass is 328 g/mol. The van der Waals surface area contributed by atoms with Crippen molar-refractivity contribution in [3.8, 4) is 0 Å². The van der Waals surface area contributed by atoms with Gasteiger partial charge in [-0.05, 0) is 25.0 Å². The molecule has 128 valence electrons. The molecule has 1 aliphatic rings. The lowest BCUT2D eigenvalue weighted by molar-refractivity contribution is -0.129. The highest BCUT2D eigenvalue weighted by atomic mass is 16.2. The van der Waals surface area contributed by atoms with Crippen molar-refractivity contribution in [2.24, 2.45) is 11.8 Å². The summed E-state index contributed by atoms with van der Waals surface area (Å²) in [4.78, 5) is 34.1. The molecule has 2 aromatic rings. The summed E-state index contributed by atoms with van der Waals surface area (Å²) in [6.45, 7) is 7.27. The van der Waals surface area contributed by atoms with Gasteiger partial charge in [-0.15, -0.1) is 0 Å². The van der Waals surface area contributed by atoms with E-state index in [9.17, 15) is 9.59 Å². The molecule has 1 aromatic heterocycles. The van der Waals surface area contributed by atoms with E-state index in [0.717, 1.165) is 16.9 Å². The number of carbonyl (C=O) groups excluding carboxylic acids is 2. The lowest BCUT2D eigenvalue weighted by Gasteiger charge is -2.19. The van der Waals surface area contributed by atoms with E-state index in [-0.39, 0.29) is 23.8 Å². The van der Waals surface area contributed by atoms with Crippen LogP contribution in [0, 0.1) is 11.8 Å². The van der Waals surface area contributed by atoms with Gasteiger partial charge in [-0.2, -0.15) is 0 Å². The average molecular weight is 328 g/mol. The smallest absolute Gasteiger partial charge is 0.226 e. The molecular weight excluding hydrogens is 304 g/mol. The van der Waals surface area contributed by atoms with Crippen LogP contribution < -0.4 is 5.32 Å². The van der Waals surface area contributed by atoms with Gasteiger partial charge in [0.25, 0.3) is 0 Å². The largest absolute Gasteiger partial charge is 0.346 e. The summed E-state index contributed by atoms with van der Waals surface area (Å²) >= 11 is 0. The van der Waals surface area contributed by atoms with Crippen molar-refractivity contribution in [1.29, 1.82) is 0 Å². The van der Waals surface area contributed by atoms with Gasteiger partial charge in [-0.1, -0.05) is 26.0 Å². The molecule has 0 spiro atoms. The Morgan fingerprint density at radius 3 is 2.83 bits per heavy atom. The minimum Gasteiger partial charge on any atom is -0.346 e. The molecule has 24 heavy (non-hydrogen) atoms. The van der Waals surface area contributed by atoms with Crippen LogP contribution in [-0.2, 0) is 9.59 Å². The number of hydrogen-bond acceptors (Lipinski definition) is 3. The molecular formula is C18H24N4O2. The fourth-order valence-corrected chi connectivity index (χ4v) is 3.14. The maximum Gasteiger partial charge on any atom is 0.226 e. The van der Waals surface area contributed by atoms with Crippen LogP contribution in [-0.4, -0.2) is 39.8 Å². The number of H-pyrrole nitrogens is 1. The number of para-hydroxylation sites is 2. The number of likely N-dealkylation sites (tertiary alicyclic amines) is 1. The van der Waals surface area contributed by atoms with E-state index in [1.807, 2.05) is 31.2 Å². The molecule has 1 aliphatic heterocycles. The third-order valence-corrected chi connectivity index (χ3v) is 4.35. The molecule has 3 rings (SSSR count). The topological polar surface area (TPSA) is 78.1 Å². The van der Waals surface area contributed by atoms with Gasteiger partial charge in [-0.3, -0.25) is 9.59 Å². The summed E-state index contributed by atoms with van der Waals surface area (Å²) < 4.78 is 0. The number of nitrogens with zero attached hydrogens (tertiary/aromatic N) is 2.